The fourth-order valence-corrected chi connectivity index (χ4v) is 1.75. The number of carbonyl (C=O) groups excluding carboxylic acids is 1. The van der Waals surface area contributed by atoms with E-state index in [1.807, 2.05) is 23.0 Å². The Morgan fingerprint density at radius 3 is 3.00 bits per heavy atom. The largest absolute Gasteiger partial charge is 0.383 e. The van der Waals surface area contributed by atoms with Crippen LogP contribution in [0.15, 0.2) is 18.5 Å². The van der Waals surface area contributed by atoms with E-state index in [1.165, 1.54) is 5.56 Å². The van der Waals surface area contributed by atoms with Crippen LogP contribution in [0.5, 0.6) is 0 Å². The van der Waals surface area contributed by atoms with Crippen LogP contribution < -0.4 is 10.6 Å². The number of nitrogens with one attached hydrogen (secondary N) is 2. The number of hydrogen-bond acceptors (Lipinski definition) is 3. The Labute approximate surface area is 109 Å². The molecule has 1 aromatic heterocycles. The smallest absolute Gasteiger partial charge is 0.239 e. The van der Waals surface area contributed by atoms with Gasteiger partial charge < -0.3 is 19.9 Å². The lowest BCUT2D eigenvalue weighted by molar-refractivity contribution is -0.121. The van der Waals surface area contributed by atoms with Crippen molar-refractivity contribution in [3.8, 4) is 0 Å². The lowest BCUT2D eigenvalue weighted by Gasteiger charge is -2.10. The summed E-state index contributed by atoms with van der Waals surface area (Å²) in [5, 5.41) is 6.14. The predicted octanol–water partition coefficient (Wildman–Crippen LogP) is 0.921. The van der Waals surface area contributed by atoms with Gasteiger partial charge in [0.2, 0.25) is 5.91 Å². The Balaban J connectivity index is 2.41. The molecule has 1 rings (SSSR count). The predicted molar refractivity (Wildman–Crippen MR) is 71.4 cm³/mol. The second-order valence-electron chi connectivity index (χ2n) is 4.24. The normalized spacial score (nSPS) is 12.4. The number of hydrogen-bond donors (Lipinski definition) is 2. The molecule has 0 spiro atoms. The van der Waals surface area contributed by atoms with E-state index in [4.69, 9.17) is 4.74 Å². The minimum absolute atomic E-state index is 0.00491. The molecule has 0 aliphatic heterocycles. The summed E-state index contributed by atoms with van der Waals surface area (Å²) < 4.78 is 6.77. The first-order valence-electron chi connectivity index (χ1n) is 6.32. The molecule has 1 unspecified atom stereocenters. The van der Waals surface area contributed by atoms with Crippen molar-refractivity contribution >= 4 is 5.91 Å². The van der Waals surface area contributed by atoms with Crippen LogP contribution in [-0.4, -0.2) is 37.3 Å². The fraction of sp³-hybridized carbons (Fsp3) is 0.615. The summed E-state index contributed by atoms with van der Waals surface area (Å²) in [6, 6.07) is 2.35. The Bertz CT molecular complexity index is 363. The molecule has 102 valence electrons. The van der Waals surface area contributed by atoms with E-state index >= 15 is 0 Å². The molecule has 0 saturated heterocycles. The van der Waals surface area contributed by atoms with Gasteiger partial charge in [-0.1, -0.05) is 6.92 Å². The fourth-order valence-electron chi connectivity index (χ4n) is 1.75. The summed E-state index contributed by atoms with van der Waals surface area (Å²) in [6.45, 7) is 6.57. The average molecular weight is 253 g/mol. The molecule has 1 heterocycles. The highest BCUT2D eigenvalue weighted by molar-refractivity contribution is 5.75. The minimum atomic E-state index is 0.00491. The first-order chi connectivity index (χ1) is 8.67. The van der Waals surface area contributed by atoms with E-state index < -0.39 is 0 Å². The highest BCUT2D eigenvalue weighted by atomic mass is 16.5. The summed E-state index contributed by atoms with van der Waals surface area (Å²) in [4.78, 5) is 11.6. The number of rotatable bonds is 8. The van der Waals surface area contributed by atoms with E-state index in [-0.39, 0.29) is 5.91 Å². The molecule has 18 heavy (non-hydrogen) atoms. The monoisotopic (exact) mass is 253 g/mol. The number of aromatic nitrogens is 1. The third-order valence-electron chi connectivity index (χ3n) is 2.74. The van der Waals surface area contributed by atoms with Crippen LogP contribution in [0.1, 0.15) is 25.5 Å². The molecule has 1 aromatic rings. The summed E-state index contributed by atoms with van der Waals surface area (Å²) >= 11 is 0. The van der Waals surface area contributed by atoms with Gasteiger partial charge in [-0.15, -0.1) is 0 Å². The number of nitrogens with zero attached hydrogens (tertiary/aromatic N) is 1. The zero-order valence-corrected chi connectivity index (χ0v) is 11.4. The molecule has 0 aliphatic rings. The van der Waals surface area contributed by atoms with Gasteiger partial charge in [-0.2, -0.15) is 0 Å². The van der Waals surface area contributed by atoms with Gasteiger partial charge in [-0.3, -0.25) is 4.79 Å². The summed E-state index contributed by atoms with van der Waals surface area (Å²) in [7, 11) is 1.62. The first-order valence-corrected chi connectivity index (χ1v) is 6.32. The number of ether oxygens (including phenoxy) is 1. The van der Waals surface area contributed by atoms with Gasteiger partial charge in [-0.25, -0.2) is 0 Å². The molecule has 5 heteroatoms. The van der Waals surface area contributed by atoms with Crippen molar-refractivity contribution in [2.45, 2.75) is 26.4 Å². The van der Waals surface area contributed by atoms with Crippen molar-refractivity contribution in [3.05, 3.63) is 24.0 Å². The molecule has 0 fully saturated rings. The average Bonchev–Trinajstić information content (AvgIpc) is 2.78. The Kier molecular flexibility index (Phi) is 6.46. The first kappa shape index (κ1) is 14.7. The van der Waals surface area contributed by atoms with Crippen LogP contribution in [0.4, 0.5) is 0 Å². The van der Waals surface area contributed by atoms with Crippen molar-refractivity contribution < 1.29 is 9.53 Å². The summed E-state index contributed by atoms with van der Waals surface area (Å²) in [6.07, 6.45) is 3.93. The zero-order valence-electron chi connectivity index (χ0n) is 11.4. The second kappa shape index (κ2) is 7.89. The highest BCUT2D eigenvalue weighted by Gasteiger charge is 2.07. The molecule has 5 nitrogen and oxygen atoms in total. The van der Waals surface area contributed by atoms with Crippen molar-refractivity contribution in [3.63, 3.8) is 0 Å². The van der Waals surface area contributed by atoms with Crippen molar-refractivity contribution in [1.29, 1.82) is 0 Å². The lowest BCUT2D eigenvalue weighted by atomic mass is 10.2. The molecule has 0 aromatic carbocycles. The Morgan fingerprint density at radius 1 is 1.56 bits per heavy atom. The van der Waals surface area contributed by atoms with E-state index in [9.17, 15) is 4.79 Å². The third kappa shape index (κ3) is 4.89. The van der Waals surface area contributed by atoms with Crippen LogP contribution in [-0.2, 0) is 16.1 Å². The number of methoxy groups -OCH3 is 1. The second-order valence-corrected chi connectivity index (χ2v) is 4.24. The molecule has 0 saturated carbocycles. The van der Waals surface area contributed by atoms with E-state index in [1.54, 1.807) is 7.11 Å². The Morgan fingerprint density at radius 2 is 2.33 bits per heavy atom. The number of carbonyl (C=O) groups is 1. The van der Waals surface area contributed by atoms with Crippen LogP contribution in [0.25, 0.3) is 0 Å². The molecule has 0 bridgehead atoms. The molecule has 0 aliphatic carbocycles. The van der Waals surface area contributed by atoms with Crippen molar-refractivity contribution in [1.82, 2.24) is 15.2 Å². The third-order valence-corrected chi connectivity index (χ3v) is 2.74. The minimum Gasteiger partial charge on any atom is -0.383 e. The molecule has 1 amide bonds. The Hall–Kier alpha value is -1.33. The van der Waals surface area contributed by atoms with Gasteiger partial charge in [0.15, 0.2) is 0 Å². The lowest BCUT2D eigenvalue weighted by Crippen LogP contribution is -2.30. The molecule has 2 N–H and O–H groups in total. The van der Waals surface area contributed by atoms with Gasteiger partial charge in [0, 0.05) is 32.1 Å². The van der Waals surface area contributed by atoms with Gasteiger partial charge >= 0.3 is 0 Å². The van der Waals surface area contributed by atoms with Gasteiger partial charge in [0.25, 0.3) is 0 Å². The zero-order chi connectivity index (χ0) is 13.4. The van der Waals surface area contributed by atoms with Gasteiger partial charge in [-0.05, 0) is 25.1 Å². The quantitative estimate of drug-likeness (QED) is 0.677. The maximum absolute atomic E-state index is 11.6. The molecule has 1 atom stereocenters. The molecular formula is C13H23N3O2. The molecule has 0 radical (unpaired) electrons. The topological polar surface area (TPSA) is 55.3 Å². The maximum Gasteiger partial charge on any atom is 0.239 e. The van der Waals surface area contributed by atoms with Gasteiger partial charge in [0.05, 0.1) is 6.61 Å². The summed E-state index contributed by atoms with van der Waals surface area (Å²) in [5.74, 6) is 0.00491. The molecular weight excluding hydrogens is 230 g/mol. The number of amides is 1. The SMILES string of the molecule is CCNC(C)c1ccn(CC(=O)NCCOC)c1. The van der Waals surface area contributed by atoms with Gasteiger partial charge in [0.1, 0.15) is 6.54 Å². The highest BCUT2D eigenvalue weighted by Crippen LogP contribution is 2.12. The van der Waals surface area contributed by atoms with Crippen LogP contribution in [0.2, 0.25) is 0 Å². The van der Waals surface area contributed by atoms with Crippen molar-refractivity contribution in [2.24, 2.45) is 0 Å². The van der Waals surface area contributed by atoms with E-state index in [0.29, 0.717) is 25.7 Å². The van der Waals surface area contributed by atoms with Crippen LogP contribution in [0.3, 0.4) is 0 Å². The van der Waals surface area contributed by atoms with E-state index in [0.717, 1.165) is 6.54 Å². The van der Waals surface area contributed by atoms with Crippen LogP contribution in [0, 0.1) is 0 Å². The summed E-state index contributed by atoms with van der Waals surface area (Å²) in [5.41, 5.74) is 1.20. The maximum atomic E-state index is 11.6. The van der Waals surface area contributed by atoms with E-state index in [2.05, 4.69) is 24.5 Å². The van der Waals surface area contributed by atoms with Crippen LogP contribution >= 0.6 is 0 Å². The van der Waals surface area contributed by atoms with Crippen molar-refractivity contribution in [2.75, 3.05) is 26.8 Å². The standard InChI is InChI=1S/C13H23N3O2/c1-4-14-11(2)12-5-7-16(9-12)10-13(17)15-6-8-18-3/h5,7,9,11,14H,4,6,8,10H2,1-3H3,(H,15,17).